The number of cyclic esters (lactones) is 1. The number of fused-ring (bicyclic) bond motifs is 1. The molecule has 0 bridgehead atoms. The number of aromatic nitrogens is 1. The first-order valence-corrected chi connectivity index (χ1v) is 24.6. The molecule has 0 aliphatic carbocycles. The summed E-state index contributed by atoms with van der Waals surface area (Å²) in [6.07, 6.45) is -2.38. The molecule has 1 aromatic heterocycles. The number of nitrogens with zero attached hydrogens (tertiary/aromatic N) is 3. The molecule has 2 fully saturated rings. The maximum atomic E-state index is 14.1. The van der Waals surface area contributed by atoms with Crippen molar-refractivity contribution >= 4 is 41.2 Å². The number of methoxy groups -OCH3 is 1. The summed E-state index contributed by atoms with van der Waals surface area (Å²) in [7, 11) is 6.76. The number of para-hydroxylation sites is 1. The van der Waals surface area contributed by atoms with Gasteiger partial charge in [-0.15, -0.1) is 0 Å². The molecule has 0 amide bonds. The van der Waals surface area contributed by atoms with E-state index in [1.165, 1.54) is 7.11 Å². The van der Waals surface area contributed by atoms with Gasteiger partial charge in [-0.25, -0.2) is 0 Å². The number of aliphatic hydroxyl groups is 3. The fourth-order valence-corrected chi connectivity index (χ4v) is 9.74. The Morgan fingerprint density at radius 1 is 0.971 bits per heavy atom. The molecule has 5 rings (SSSR count). The second-order valence-corrected chi connectivity index (χ2v) is 19.4. The second-order valence-electron chi connectivity index (χ2n) is 19.4. The van der Waals surface area contributed by atoms with Crippen LogP contribution >= 0.6 is 0 Å². The van der Waals surface area contributed by atoms with Crippen molar-refractivity contribution in [1.82, 2.24) is 14.8 Å². The summed E-state index contributed by atoms with van der Waals surface area (Å²) in [5.74, 6) is -2.92. The molecule has 0 spiro atoms. The quantitative estimate of drug-likeness (QED) is 0.0975. The zero-order valence-electron chi connectivity index (χ0n) is 42.5. The van der Waals surface area contributed by atoms with Crippen LogP contribution in [0.1, 0.15) is 92.1 Å². The molecule has 3 aliphatic rings. The zero-order valence-corrected chi connectivity index (χ0v) is 42.5. The van der Waals surface area contributed by atoms with E-state index in [0.717, 1.165) is 22.8 Å². The van der Waals surface area contributed by atoms with Crippen LogP contribution in [-0.2, 0) is 57.1 Å². The maximum Gasteiger partial charge on any atom is 0.310 e. The Hall–Kier alpha value is -4.21. The number of hydrogen-bond acceptors (Lipinski definition) is 18. The van der Waals surface area contributed by atoms with Gasteiger partial charge in [-0.05, 0) is 83.9 Å². The van der Waals surface area contributed by atoms with Crippen molar-refractivity contribution in [2.75, 3.05) is 41.3 Å². The summed E-state index contributed by atoms with van der Waals surface area (Å²) in [6, 6.07) is 8.89. The number of pyridine rings is 1. The molecule has 390 valence electrons. The number of β-amino-alcohol motifs (C(OH)–C–C–N with tert-alkyl or cyclic N) is 1. The van der Waals surface area contributed by atoms with Gasteiger partial charge in [0, 0.05) is 63.9 Å². The van der Waals surface area contributed by atoms with Gasteiger partial charge in [-0.1, -0.05) is 57.2 Å². The van der Waals surface area contributed by atoms with Crippen LogP contribution in [0.15, 0.2) is 54.8 Å². The van der Waals surface area contributed by atoms with E-state index in [-0.39, 0.29) is 38.6 Å². The molecule has 0 radical (unpaired) electrons. The van der Waals surface area contributed by atoms with Crippen molar-refractivity contribution in [3.63, 3.8) is 0 Å². The molecule has 1 aromatic carbocycles. The van der Waals surface area contributed by atoms with Crippen LogP contribution < -0.4 is 0 Å². The number of aliphatic hydroxyl groups excluding tert-OH is 2. The third kappa shape index (κ3) is 15.2. The topological polar surface area (TPSA) is 222 Å². The van der Waals surface area contributed by atoms with Gasteiger partial charge in [0.1, 0.15) is 42.4 Å². The fraction of sp³-hybridized carbons (Fsp3) is 0.673. The number of esters is 3. The molecule has 3 N–H and O–H groups in total. The number of hydrogen-bond donors (Lipinski definition) is 3. The van der Waals surface area contributed by atoms with Gasteiger partial charge in [0.15, 0.2) is 18.7 Å². The average molecular weight is 984 g/mol. The van der Waals surface area contributed by atoms with Crippen LogP contribution in [0.5, 0.6) is 0 Å². The molecule has 2 aromatic rings. The van der Waals surface area contributed by atoms with E-state index in [9.17, 15) is 34.5 Å². The van der Waals surface area contributed by atoms with Crippen molar-refractivity contribution in [3.8, 4) is 0 Å². The summed E-state index contributed by atoms with van der Waals surface area (Å²) in [6.45, 7) is 10.8. The Kier molecular flexibility index (Phi) is 21.4. The highest BCUT2D eigenvalue weighted by Gasteiger charge is 2.53. The summed E-state index contributed by atoms with van der Waals surface area (Å²) < 4.78 is 49.7. The SMILES string of the molecule is CCC(=O)O[C@@H]1CC(=O)O[C@@H](C/C=C/c2ccnc3ccccc23)/C=C/CN(C)C[C@H](O)[C@H](C)C[C@H](CC=O)[C@H](O[C@@H]2OC(C)[C@@H](O[C@H]3CC(C)(O)[C@@H](OC(=O)CC)C(C)O3)C(N(C)C)C2O)[C@H]1OC. The van der Waals surface area contributed by atoms with E-state index in [0.29, 0.717) is 13.0 Å². The lowest BCUT2D eigenvalue weighted by atomic mass is 9.82. The van der Waals surface area contributed by atoms with Crippen LogP contribution in [0.3, 0.4) is 0 Å². The molecule has 18 nitrogen and oxygen atoms in total. The van der Waals surface area contributed by atoms with Crippen LogP contribution in [0.4, 0.5) is 0 Å². The zero-order chi connectivity index (χ0) is 51.3. The second kappa shape index (κ2) is 26.5. The molecule has 4 heterocycles. The maximum absolute atomic E-state index is 14.1. The highest BCUT2D eigenvalue weighted by Crippen LogP contribution is 2.38. The molecular weight excluding hydrogens is 907 g/mol. The van der Waals surface area contributed by atoms with E-state index in [1.807, 2.05) is 67.4 Å². The smallest absolute Gasteiger partial charge is 0.310 e. The van der Waals surface area contributed by atoms with Gasteiger partial charge in [-0.3, -0.25) is 19.4 Å². The molecule has 3 aliphatic heterocycles. The van der Waals surface area contributed by atoms with Crippen LogP contribution in [0, 0.1) is 11.8 Å². The fourth-order valence-electron chi connectivity index (χ4n) is 9.74. The number of benzene rings is 1. The minimum Gasteiger partial charge on any atom is -0.459 e. The summed E-state index contributed by atoms with van der Waals surface area (Å²) >= 11 is 0. The first kappa shape index (κ1) is 56.7. The lowest BCUT2D eigenvalue weighted by Crippen LogP contribution is -2.66. The number of likely N-dealkylation sites (N-methyl/N-ethyl adjacent to an activating group) is 2. The van der Waals surface area contributed by atoms with Gasteiger partial charge in [0.2, 0.25) is 0 Å². The lowest BCUT2D eigenvalue weighted by molar-refractivity contribution is -0.344. The van der Waals surface area contributed by atoms with Crippen LogP contribution in [-0.4, -0.2) is 181 Å². The Labute approximate surface area is 412 Å². The predicted octanol–water partition coefficient (Wildman–Crippen LogP) is 4.38. The highest BCUT2D eigenvalue weighted by molar-refractivity contribution is 5.87. The van der Waals surface area contributed by atoms with Gasteiger partial charge in [-0.2, -0.15) is 0 Å². The average Bonchev–Trinajstić information content (AvgIpc) is 3.30. The summed E-state index contributed by atoms with van der Waals surface area (Å²) in [5, 5.41) is 36.3. The molecule has 0 saturated carbocycles. The normalized spacial score (nSPS) is 35.9. The van der Waals surface area contributed by atoms with Crippen molar-refractivity contribution in [2.45, 2.75) is 172 Å². The van der Waals surface area contributed by atoms with Crippen molar-refractivity contribution in [1.29, 1.82) is 0 Å². The number of ether oxygens (including phenoxy) is 8. The molecule has 18 heteroatoms. The van der Waals surface area contributed by atoms with E-state index >= 15 is 0 Å². The van der Waals surface area contributed by atoms with Crippen LogP contribution in [0.25, 0.3) is 17.0 Å². The number of carbonyl (C=O) groups excluding carboxylic acids is 4. The Balaban J connectivity index is 1.46. The standard InChI is InChI=1S/C52H77N3O15/c1-11-41(58)67-40-28-43(60)66-36(18-15-17-34-22-24-53-38-21-14-13-20-37(34)38)19-16-25-55(9)30-39(57)31(3)27-35(23-26-56)48(49(40)63-10)70-51-46(61)45(54(7)8)47(32(4)65-51)69-44-29-52(6,62)50(33(5)64-44)68-42(59)12-2/h13-17,19-22,24,26,31-33,35-36,39-40,44-51,57,61-62H,11-12,18,23,25,27-30H2,1-10H3/b17-15+,19-16+/t31-,32?,33?,35+,36+,39+,40-,44+,45?,46?,47-,48+,49+,50+,51+,52?/m1/s1. The first-order chi connectivity index (χ1) is 33.3. The van der Waals surface area contributed by atoms with E-state index in [4.69, 9.17) is 37.9 Å². The van der Waals surface area contributed by atoms with Crippen molar-refractivity contribution < 1.29 is 72.4 Å². The minimum atomic E-state index is -1.51. The predicted molar refractivity (Wildman–Crippen MR) is 259 cm³/mol. The molecular formula is C52H77N3O15. The highest BCUT2D eigenvalue weighted by atomic mass is 16.7. The Morgan fingerprint density at radius 3 is 2.36 bits per heavy atom. The molecule has 16 atom stereocenters. The number of rotatable bonds is 15. The molecule has 5 unspecified atom stereocenters. The van der Waals surface area contributed by atoms with Crippen molar-refractivity contribution in [3.05, 3.63) is 60.3 Å². The van der Waals surface area contributed by atoms with Crippen molar-refractivity contribution in [2.24, 2.45) is 11.8 Å². The summed E-state index contributed by atoms with van der Waals surface area (Å²) in [5.41, 5.74) is 0.278. The summed E-state index contributed by atoms with van der Waals surface area (Å²) in [4.78, 5) is 60.3. The molecule has 2 saturated heterocycles. The van der Waals surface area contributed by atoms with Crippen LogP contribution in [0.2, 0.25) is 0 Å². The minimum absolute atomic E-state index is 0.0286. The first-order valence-electron chi connectivity index (χ1n) is 24.6. The Bertz CT molecular complexity index is 2060. The van der Waals surface area contributed by atoms with Gasteiger partial charge in [0.05, 0.1) is 42.4 Å². The number of aldehydes is 1. The monoisotopic (exact) mass is 984 g/mol. The van der Waals surface area contributed by atoms with E-state index < -0.39 is 121 Å². The largest absolute Gasteiger partial charge is 0.459 e. The Morgan fingerprint density at radius 2 is 1.69 bits per heavy atom. The molecule has 70 heavy (non-hydrogen) atoms. The third-order valence-corrected chi connectivity index (χ3v) is 13.5. The lowest BCUT2D eigenvalue weighted by Gasteiger charge is -2.50. The van der Waals surface area contributed by atoms with E-state index in [1.54, 1.807) is 65.9 Å². The van der Waals surface area contributed by atoms with E-state index in [2.05, 4.69) is 4.98 Å². The third-order valence-electron chi connectivity index (χ3n) is 13.5. The van der Waals surface area contributed by atoms with Gasteiger partial charge >= 0.3 is 17.9 Å². The van der Waals surface area contributed by atoms with Gasteiger partial charge < -0.3 is 67.8 Å². The van der Waals surface area contributed by atoms with Gasteiger partial charge in [0.25, 0.3) is 0 Å². The number of carbonyl (C=O) groups is 4.